The van der Waals surface area contributed by atoms with Gasteiger partial charge in [-0.3, -0.25) is 34.2 Å². The van der Waals surface area contributed by atoms with Gasteiger partial charge in [0.15, 0.2) is 13.8 Å². The molecular weight excluding hydrogens is 788 g/mol. The number of amides is 6. The predicted octanol–water partition coefficient (Wildman–Crippen LogP) is -1.42. The molecule has 1 aromatic rings. The second-order valence-electron chi connectivity index (χ2n) is 13.2. The highest BCUT2D eigenvalue weighted by atomic mass is 127. The minimum atomic E-state index is -1.49. The molecule has 1 unspecified atom stereocenters. The zero-order valence-electron chi connectivity index (χ0n) is 31.0. The standard InChI is InChI=1S/C33H53BIN9O8/c1-16(2)24(27(34)47)42-31(51)26(17(3)4)44(7)32(52)18(5)39-29(49)22(9-8-14-38-33(36)37)41-30(50)25(19(6)45)43-28(48)20-10-12-21(13-11-20)40-23(46)15-35/h10-13,16-19,22,24-26,45H,8-9,14-15,34H2,1-7H3,(H,39,49)(H,40,46)(H,41,50)(H,42,51)(H,43,48)(H4,36,37,38)/t18-,19-,22+,24?,25+,26+/m1/s1. The number of nitrogens with two attached hydrogens (primary N) is 1. The maximum atomic E-state index is 13.6. The molecule has 6 amide bonds. The van der Waals surface area contributed by atoms with E-state index in [-0.39, 0.29) is 58.8 Å². The fourth-order valence-corrected chi connectivity index (χ4v) is 5.50. The summed E-state index contributed by atoms with van der Waals surface area (Å²) in [4.78, 5) is 91.8. The first-order valence-electron chi connectivity index (χ1n) is 16.9. The summed E-state index contributed by atoms with van der Waals surface area (Å²) < 4.78 is 0.239. The van der Waals surface area contributed by atoms with Crippen molar-refractivity contribution in [1.82, 2.24) is 31.5 Å². The van der Waals surface area contributed by atoms with E-state index in [4.69, 9.17) is 11.1 Å². The Balaban J connectivity index is 3.16. The van der Waals surface area contributed by atoms with Crippen LogP contribution in [0.3, 0.4) is 0 Å². The lowest BCUT2D eigenvalue weighted by Crippen LogP contribution is -2.60. The van der Waals surface area contributed by atoms with Gasteiger partial charge in [-0.15, -0.1) is 0 Å². The van der Waals surface area contributed by atoms with E-state index in [1.807, 2.05) is 22.6 Å². The Morgan fingerprint density at radius 3 is 1.94 bits per heavy atom. The number of rotatable bonds is 20. The summed E-state index contributed by atoms with van der Waals surface area (Å²) in [5, 5.41) is 33.4. The van der Waals surface area contributed by atoms with E-state index in [0.29, 0.717) is 5.69 Å². The quantitative estimate of drug-likeness (QED) is 0.0185. The zero-order chi connectivity index (χ0) is 39.9. The fourth-order valence-electron chi connectivity index (χ4n) is 5.31. The summed E-state index contributed by atoms with van der Waals surface area (Å²) in [6.07, 6.45) is -1.13. The molecule has 288 valence electrons. The molecule has 0 heterocycles. The Bertz CT molecular complexity index is 1440. The van der Waals surface area contributed by atoms with Crippen LogP contribution in [0.5, 0.6) is 0 Å². The van der Waals surface area contributed by atoms with E-state index < -0.39 is 65.8 Å². The maximum Gasteiger partial charge on any atom is 0.252 e. The van der Waals surface area contributed by atoms with Gasteiger partial charge in [0.1, 0.15) is 29.8 Å². The summed E-state index contributed by atoms with van der Waals surface area (Å²) in [6.45, 7) is 9.97. The van der Waals surface area contributed by atoms with Gasteiger partial charge in [0.25, 0.3) is 5.91 Å². The van der Waals surface area contributed by atoms with Crippen LogP contribution in [-0.4, -0.2) is 119 Å². The molecule has 0 aliphatic heterocycles. The summed E-state index contributed by atoms with van der Waals surface area (Å²) in [7, 11) is 2.80. The third-order valence-electron chi connectivity index (χ3n) is 8.02. The molecule has 17 nitrogen and oxygen atoms in total. The second kappa shape index (κ2) is 21.9. The molecule has 19 heteroatoms. The van der Waals surface area contributed by atoms with Crippen LogP contribution in [-0.2, 0) is 28.8 Å². The van der Waals surface area contributed by atoms with Gasteiger partial charge in [-0.25, -0.2) is 0 Å². The summed E-state index contributed by atoms with van der Waals surface area (Å²) in [5.41, 5.74) is 5.73. The van der Waals surface area contributed by atoms with E-state index in [1.54, 1.807) is 27.7 Å². The van der Waals surface area contributed by atoms with Crippen LogP contribution in [0.25, 0.3) is 0 Å². The summed E-state index contributed by atoms with van der Waals surface area (Å²) in [5.74, 6) is -4.53. The average Bonchev–Trinajstić information content (AvgIpc) is 3.06. The molecule has 0 aromatic heterocycles. The molecule has 0 radical (unpaired) electrons. The van der Waals surface area contributed by atoms with Crippen molar-refractivity contribution < 1.29 is 38.7 Å². The Labute approximate surface area is 319 Å². The number of halogens is 1. The Morgan fingerprint density at radius 1 is 0.865 bits per heavy atom. The van der Waals surface area contributed by atoms with Crippen molar-refractivity contribution in [1.29, 1.82) is 5.41 Å². The number of carbonyl (C=O) groups is 7. The van der Waals surface area contributed by atoms with Crippen LogP contribution in [0, 0.1) is 17.2 Å². The molecule has 0 spiro atoms. The summed E-state index contributed by atoms with van der Waals surface area (Å²) >= 11 is 1.91. The van der Waals surface area contributed by atoms with Gasteiger partial charge in [0.05, 0.1) is 16.6 Å². The molecule has 10 N–H and O–H groups in total. The third kappa shape index (κ3) is 14.8. The number of nitrogens with zero attached hydrogens (tertiary/aromatic N) is 1. The number of aliphatic hydroxyl groups excluding tert-OH is 1. The lowest BCUT2D eigenvalue weighted by Gasteiger charge is -2.34. The van der Waals surface area contributed by atoms with Crippen LogP contribution in [0.2, 0.25) is 0 Å². The lowest BCUT2D eigenvalue weighted by atomic mass is 9.87. The van der Waals surface area contributed by atoms with Gasteiger partial charge in [-0.05, 0) is 62.8 Å². The topological polar surface area (TPSA) is 265 Å². The van der Waals surface area contributed by atoms with Gasteiger partial charge in [-0.1, -0.05) is 50.3 Å². The smallest absolute Gasteiger partial charge is 0.252 e. The molecule has 0 saturated heterocycles. The van der Waals surface area contributed by atoms with Crippen LogP contribution in [0.1, 0.15) is 64.7 Å². The molecule has 1 aromatic carbocycles. The monoisotopic (exact) mass is 841 g/mol. The van der Waals surface area contributed by atoms with Gasteiger partial charge in [-0.2, -0.15) is 0 Å². The molecule has 52 heavy (non-hydrogen) atoms. The van der Waals surface area contributed by atoms with Gasteiger partial charge in [0.2, 0.25) is 29.5 Å². The Kier molecular flexibility index (Phi) is 19.3. The number of nitrogens with one attached hydrogen (secondary N) is 7. The fraction of sp³-hybridized carbons (Fsp3) is 0.576. The largest absolute Gasteiger partial charge is 0.391 e. The number of alkyl halides is 1. The van der Waals surface area contributed by atoms with E-state index >= 15 is 0 Å². The number of hydrogen-bond acceptors (Lipinski definition) is 9. The zero-order valence-corrected chi connectivity index (χ0v) is 33.1. The first-order valence-corrected chi connectivity index (χ1v) is 18.4. The molecule has 1 rings (SSSR count). The van der Waals surface area contributed by atoms with Crippen molar-refractivity contribution in [3.63, 3.8) is 0 Å². The first kappa shape index (κ1) is 45.8. The van der Waals surface area contributed by atoms with Crippen molar-refractivity contribution >= 4 is 83.2 Å². The van der Waals surface area contributed by atoms with Crippen LogP contribution in [0.15, 0.2) is 24.3 Å². The van der Waals surface area contributed by atoms with E-state index in [2.05, 4.69) is 31.9 Å². The molecular formula is C33H53BIN9O8. The third-order valence-corrected chi connectivity index (χ3v) is 8.71. The molecule has 0 saturated carbocycles. The molecule has 0 aliphatic carbocycles. The normalized spacial score (nSPS) is 14.4. The first-order chi connectivity index (χ1) is 24.2. The predicted molar refractivity (Wildman–Crippen MR) is 207 cm³/mol. The van der Waals surface area contributed by atoms with E-state index in [9.17, 15) is 38.7 Å². The van der Waals surface area contributed by atoms with Gasteiger partial charge < -0.3 is 52.4 Å². The molecule has 0 bridgehead atoms. The summed E-state index contributed by atoms with van der Waals surface area (Å²) in [6, 6.07) is 0.265. The van der Waals surface area contributed by atoms with E-state index in [1.165, 1.54) is 57.9 Å². The van der Waals surface area contributed by atoms with Gasteiger partial charge in [0, 0.05) is 24.8 Å². The number of carbonyl (C=O) groups excluding carboxylic acids is 7. The van der Waals surface area contributed by atoms with Crippen molar-refractivity contribution in [2.75, 3.05) is 23.3 Å². The Hall–Kier alpha value is -4.27. The number of hydrogen-bond donors (Lipinski definition) is 9. The minimum absolute atomic E-state index is 0.0120. The van der Waals surface area contributed by atoms with E-state index in [0.717, 1.165) is 0 Å². The van der Waals surface area contributed by atoms with Crippen molar-refractivity contribution in [3.05, 3.63) is 29.8 Å². The lowest BCUT2D eigenvalue weighted by molar-refractivity contribution is -0.143. The average molecular weight is 842 g/mol. The highest BCUT2D eigenvalue weighted by Gasteiger charge is 2.36. The van der Waals surface area contributed by atoms with Gasteiger partial charge >= 0.3 is 0 Å². The highest BCUT2D eigenvalue weighted by Crippen LogP contribution is 2.14. The van der Waals surface area contributed by atoms with Crippen molar-refractivity contribution in [3.8, 4) is 0 Å². The Morgan fingerprint density at radius 2 is 1.46 bits per heavy atom. The van der Waals surface area contributed by atoms with Crippen molar-refractivity contribution in [2.24, 2.45) is 17.6 Å². The minimum Gasteiger partial charge on any atom is -0.391 e. The number of likely N-dealkylation sites (N-methyl/N-ethyl adjacent to an activating group) is 1. The molecule has 0 fully saturated rings. The SMILES string of the molecule is BC(=O)C(NC(=O)[C@H](C(C)C)N(C)C(=O)[C@@H](C)NC(=O)[C@H](CCCNC(=N)N)NC(=O)[C@@H](NC(=O)c1ccc(NC(=O)CI)cc1)[C@@H](C)O)C(C)C. The van der Waals surface area contributed by atoms with Crippen LogP contribution < -0.4 is 37.6 Å². The number of aliphatic hydroxyl groups is 1. The molecule has 0 aliphatic rings. The number of guanidine groups is 1. The molecule has 6 atom stereocenters. The van der Waals surface area contributed by atoms with Crippen molar-refractivity contribution in [2.45, 2.75) is 90.7 Å². The number of benzene rings is 1. The number of anilines is 1. The second-order valence-corrected chi connectivity index (χ2v) is 14.0. The van der Waals surface area contributed by atoms with Crippen LogP contribution >= 0.6 is 22.6 Å². The highest BCUT2D eigenvalue weighted by molar-refractivity contribution is 14.1. The maximum absolute atomic E-state index is 13.6. The van der Waals surface area contributed by atoms with Crippen LogP contribution in [0.4, 0.5) is 5.69 Å².